The molecule has 0 radical (unpaired) electrons. The topological polar surface area (TPSA) is 61.4 Å². The lowest BCUT2D eigenvalue weighted by atomic mass is 10.0. The molecule has 4 heteroatoms. The van der Waals surface area contributed by atoms with Crippen LogP contribution in [0.4, 0.5) is 0 Å². The maximum atomic E-state index is 11.4. The van der Waals surface area contributed by atoms with Gasteiger partial charge in [-0.15, -0.1) is 0 Å². The quantitative estimate of drug-likeness (QED) is 0.601. The van der Waals surface area contributed by atoms with Gasteiger partial charge in [0.05, 0.1) is 12.0 Å². The summed E-state index contributed by atoms with van der Waals surface area (Å²) in [6.07, 6.45) is 2.14. The predicted molar refractivity (Wildman–Crippen MR) is 54.9 cm³/mol. The largest absolute Gasteiger partial charge is 0.390 e. The van der Waals surface area contributed by atoms with Crippen molar-refractivity contribution in [3.8, 4) is 0 Å². The smallest absolute Gasteiger partial charge is 0.223 e. The van der Waals surface area contributed by atoms with Crippen molar-refractivity contribution in [1.29, 1.82) is 0 Å². The summed E-state index contributed by atoms with van der Waals surface area (Å²) >= 11 is 0. The molecule has 14 heavy (non-hydrogen) atoms. The molecule has 82 valence electrons. The van der Waals surface area contributed by atoms with E-state index in [0.29, 0.717) is 0 Å². The molecule has 0 aromatic carbocycles. The fraction of sp³-hybridized carbons (Fsp3) is 0.900. The minimum absolute atomic E-state index is 0.0515. The number of nitrogens with one attached hydrogen (secondary N) is 2. The van der Waals surface area contributed by atoms with Crippen molar-refractivity contribution >= 4 is 5.91 Å². The first-order chi connectivity index (χ1) is 6.47. The predicted octanol–water partition coefficient (Wildman–Crippen LogP) is 0.0156. The van der Waals surface area contributed by atoms with Crippen LogP contribution in [0.1, 0.15) is 33.1 Å². The maximum absolute atomic E-state index is 11.4. The van der Waals surface area contributed by atoms with E-state index in [1.165, 1.54) is 0 Å². The SMILES string of the molecule is CC(C)(O)CC(=O)NC1CCNCC1. The van der Waals surface area contributed by atoms with Crippen molar-refractivity contribution in [1.82, 2.24) is 10.6 Å². The summed E-state index contributed by atoms with van der Waals surface area (Å²) in [4.78, 5) is 11.4. The Morgan fingerprint density at radius 2 is 2.07 bits per heavy atom. The van der Waals surface area contributed by atoms with Crippen LogP contribution >= 0.6 is 0 Å². The van der Waals surface area contributed by atoms with Crippen molar-refractivity contribution in [3.05, 3.63) is 0 Å². The highest BCUT2D eigenvalue weighted by Crippen LogP contribution is 2.08. The van der Waals surface area contributed by atoms with Gasteiger partial charge >= 0.3 is 0 Å². The summed E-state index contributed by atoms with van der Waals surface area (Å²) < 4.78 is 0. The summed E-state index contributed by atoms with van der Waals surface area (Å²) in [5.74, 6) is -0.0515. The molecule has 0 spiro atoms. The fourth-order valence-electron chi connectivity index (χ4n) is 1.64. The number of hydrogen-bond acceptors (Lipinski definition) is 3. The minimum atomic E-state index is -0.906. The molecule has 3 N–H and O–H groups in total. The van der Waals surface area contributed by atoms with Crippen LogP contribution < -0.4 is 10.6 Å². The van der Waals surface area contributed by atoms with Crippen LogP contribution in [-0.4, -0.2) is 35.7 Å². The number of piperidine rings is 1. The molecule has 0 bridgehead atoms. The van der Waals surface area contributed by atoms with E-state index in [2.05, 4.69) is 10.6 Å². The van der Waals surface area contributed by atoms with Crippen molar-refractivity contribution in [2.75, 3.05) is 13.1 Å². The second-order valence-corrected chi connectivity index (χ2v) is 4.58. The Hall–Kier alpha value is -0.610. The first-order valence-electron chi connectivity index (χ1n) is 5.20. The van der Waals surface area contributed by atoms with Gasteiger partial charge in [0.2, 0.25) is 5.91 Å². The van der Waals surface area contributed by atoms with E-state index in [0.717, 1.165) is 25.9 Å². The Bertz CT molecular complexity index is 193. The zero-order valence-corrected chi connectivity index (χ0v) is 8.97. The molecule has 0 atom stereocenters. The third kappa shape index (κ3) is 4.58. The van der Waals surface area contributed by atoms with E-state index >= 15 is 0 Å². The highest BCUT2D eigenvalue weighted by molar-refractivity contribution is 5.77. The molecule has 0 aromatic rings. The third-order valence-electron chi connectivity index (χ3n) is 2.30. The highest BCUT2D eigenvalue weighted by atomic mass is 16.3. The fourth-order valence-corrected chi connectivity index (χ4v) is 1.64. The maximum Gasteiger partial charge on any atom is 0.223 e. The first kappa shape index (κ1) is 11.5. The van der Waals surface area contributed by atoms with E-state index in [9.17, 15) is 9.90 Å². The number of hydrogen-bond donors (Lipinski definition) is 3. The normalized spacial score (nSPS) is 19.4. The van der Waals surface area contributed by atoms with Gasteiger partial charge in [0.1, 0.15) is 0 Å². The highest BCUT2D eigenvalue weighted by Gasteiger charge is 2.21. The zero-order valence-electron chi connectivity index (χ0n) is 8.97. The van der Waals surface area contributed by atoms with E-state index in [1.807, 2.05) is 0 Å². The Labute approximate surface area is 85.1 Å². The van der Waals surface area contributed by atoms with Crippen LogP contribution in [0.25, 0.3) is 0 Å². The molecule has 0 saturated carbocycles. The molecular formula is C10H20N2O2. The average Bonchev–Trinajstić information content (AvgIpc) is 2.02. The van der Waals surface area contributed by atoms with Crippen molar-refractivity contribution in [3.63, 3.8) is 0 Å². The summed E-state index contributed by atoms with van der Waals surface area (Å²) in [6.45, 7) is 5.23. The van der Waals surface area contributed by atoms with Gasteiger partial charge in [-0.25, -0.2) is 0 Å². The number of rotatable bonds is 3. The van der Waals surface area contributed by atoms with Crippen molar-refractivity contribution in [2.24, 2.45) is 0 Å². The summed E-state index contributed by atoms with van der Waals surface area (Å²) in [5, 5.41) is 15.6. The van der Waals surface area contributed by atoms with Crippen LogP contribution in [0.2, 0.25) is 0 Å². The molecule has 1 saturated heterocycles. The standard InChI is InChI=1S/C10H20N2O2/c1-10(2,14)7-9(13)12-8-3-5-11-6-4-8/h8,11,14H,3-7H2,1-2H3,(H,12,13). The Morgan fingerprint density at radius 1 is 1.50 bits per heavy atom. The van der Waals surface area contributed by atoms with E-state index in [4.69, 9.17) is 0 Å². The molecule has 1 fully saturated rings. The lowest BCUT2D eigenvalue weighted by Crippen LogP contribution is -2.44. The van der Waals surface area contributed by atoms with E-state index < -0.39 is 5.60 Å². The zero-order chi connectivity index (χ0) is 10.6. The second-order valence-electron chi connectivity index (χ2n) is 4.58. The molecule has 0 aromatic heterocycles. The van der Waals surface area contributed by atoms with Gasteiger partial charge in [0.25, 0.3) is 0 Å². The van der Waals surface area contributed by atoms with Gasteiger partial charge in [0, 0.05) is 6.04 Å². The molecule has 1 amide bonds. The van der Waals surface area contributed by atoms with Gasteiger partial charge < -0.3 is 15.7 Å². The molecule has 0 aliphatic carbocycles. The van der Waals surface area contributed by atoms with Gasteiger partial charge in [-0.1, -0.05) is 0 Å². The number of aliphatic hydroxyl groups is 1. The minimum Gasteiger partial charge on any atom is -0.390 e. The Balaban J connectivity index is 2.25. The van der Waals surface area contributed by atoms with Crippen LogP contribution in [0.15, 0.2) is 0 Å². The number of amides is 1. The first-order valence-corrected chi connectivity index (χ1v) is 5.20. The molecule has 1 rings (SSSR count). The van der Waals surface area contributed by atoms with Gasteiger partial charge in [-0.2, -0.15) is 0 Å². The van der Waals surface area contributed by atoms with E-state index in [-0.39, 0.29) is 18.4 Å². The molecule has 1 heterocycles. The Kier molecular flexibility index (Phi) is 3.89. The summed E-state index contributed by atoms with van der Waals surface area (Å²) in [6, 6.07) is 0.283. The van der Waals surface area contributed by atoms with Crippen LogP contribution in [0, 0.1) is 0 Å². The van der Waals surface area contributed by atoms with Gasteiger partial charge in [0.15, 0.2) is 0 Å². The van der Waals surface area contributed by atoms with Crippen molar-refractivity contribution < 1.29 is 9.90 Å². The molecule has 0 unspecified atom stereocenters. The molecule has 1 aliphatic heterocycles. The molecule has 1 aliphatic rings. The Morgan fingerprint density at radius 3 is 2.57 bits per heavy atom. The van der Waals surface area contributed by atoms with Crippen molar-refractivity contribution in [2.45, 2.75) is 44.8 Å². The van der Waals surface area contributed by atoms with Gasteiger partial charge in [-0.3, -0.25) is 4.79 Å². The van der Waals surface area contributed by atoms with Crippen LogP contribution in [0.5, 0.6) is 0 Å². The lowest BCUT2D eigenvalue weighted by molar-refractivity contribution is -0.125. The van der Waals surface area contributed by atoms with Crippen LogP contribution in [0.3, 0.4) is 0 Å². The number of carbonyl (C=O) groups is 1. The molecular weight excluding hydrogens is 180 g/mol. The summed E-state index contributed by atoms with van der Waals surface area (Å²) in [7, 11) is 0. The van der Waals surface area contributed by atoms with E-state index in [1.54, 1.807) is 13.8 Å². The average molecular weight is 200 g/mol. The van der Waals surface area contributed by atoms with Crippen LogP contribution in [-0.2, 0) is 4.79 Å². The lowest BCUT2D eigenvalue weighted by Gasteiger charge is -2.25. The third-order valence-corrected chi connectivity index (χ3v) is 2.30. The monoisotopic (exact) mass is 200 g/mol. The second kappa shape index (κ2) is 4.75. The number of carbonyl (C=O) groups excluding carboxylic acids is 1. The van der Waals surface area contributed by atoms with Gasteiger partial charge in [-0.05, 0) is 39.8 Å². The summed E-state index contributed by atoms with van der Waals surface area (Å²) in [5.41, 5.74) is -0.906. The molecule has 4 nitrogen and oxygen atoms in total.